The van der Waals surface area contributed by atoms with Gasteiger partial charge in [0, 0.05) is 31.8 Å². The Hall–Kier alpha value is -2.24. The van der Waals surface area contributed by atoms with E-state index in [1.165, 1.54) is 50.8 Å². The fraction of sp³-hybridized carbons (Fsp3) is 0.556. The summed E-state index contributed by atoms with van der Waals surface area (Å²) in [4.78, 5) is 22.2. The minimum absolute atomic E-state index is 0.0565. The molecule has 6 nitrogen and oxygen atoms in total. The molecule has 0 unspecified atom stereocenters. The number of carbonyl (C=O) groups is 1. The van der Waals surface area contributed by atoms with Crippen molar-refractivity contribution >= 4 is 11.6 Å². The summed E-state index contributed by atoms with van der Waals surface area (Å²) in [6, 6.07) is 0. The van der Waals surface area contributed by atoms with Crippen LogP contribution in [0.15, 0.2) is 18.6 Å². The SMILES string of the molecule is CC(=O)c1cncc(N2Cc3cn(CC4CCCCC4)nc3C2)n1. The highest BCUT2D eigenvalue weighted by molar-refractivity contribution is 5.92. The lowest BCUT2D eigenvalue weighted by Crippen LogP contribution is -2.19. The molecule has 0 amide bonds. The van der Waals surface area contributed by atoms with Crippen LogP contribution in [-0.4, -0.2) is 25.5 Å². The summed E-state index contributed by atoms with van der Waals surface area (Å²) >= 11 is 0. The van der Waals surface area contributed by atoms with Gasteiger partial charge in [-0.25, -0.2) is 4.98 Å². The monoisotopic (exact) mass is 325 g/mol. The van der Waals surface area contributed by atoms with E-state index in [9.17, 15) is 4.79 Å². The first-order valence-corrected chi connectivity index (χ1v) is 8.82. The Morgan fingerprint density at radius 3 is 2.79 bits per heavy atom. The van der Waals surface area contributed by atoms with Crippen molar-refractivity contribution in [1.29, 1.82) is 0 Å². The molecule has 0 saturated heterocycles. The summed E-state index contributed by atoms with van der Waals surface area (Å²) in [5.74, 6) is 1.48. The van der Waals surface area contributed by atoms with Gasteiger partial charge in [-0.2, -0.15) is 5.10 Å². The molecule has 4 rings (SSSR count). The van der Waals surface area contributed by atoms with Crippen molar-refractivity contribution in [2.45, 2.75) is 58.7 Å². The Kier molecular flexibility index (Phi) is 4.04. The van der Waals surface area contributed by atoms with Crippen LogP contribution >= 0.6 is 0 Å². The smallest absolute Gasteiger partial charge is 0.179 e. The first kappa shape index (κ1) is 15.3. The molecule has 0 spiro atoms. The van der Waals surface area contributed by atoms with Gasteiger partial charge in [0.2, 0.25) is 0 Å². The number of fused-ring (bicyclic) bond motifs is 1. The van der Waals surface area contributed by atoms with Crippen LogP contribution in [0.25, 0.3) is 0 Å². The zero-order valence-electron chi connectivity index (χ0n) is 14.1. The van der Waals surface area contributed by atoms with E-state index in [4.69, 9.17) is 5.10 Å². The molecule has 24 heavy (non-hydrogen) atoms. The molecule has 0 aromatic carbocycles. The van der Waals surface area contributed by atoms with Crippen molar-refractivity contribution < 1.29 is 4.79 Å². The summed E-state index contributed by atoms with van der Waals surface area (Å²) in [7, 11) is 0. The molecule has 0 atom stereocenters. The van der Waals surface area contributed by atoms with Gasteiger partial charge in [0.25, 0.3) is 0 Å². The topological polar surface area (TPSA) is 63.9 Å². The van der Waals surface area contributed by atoms with Gasteiger partial charge in [0.15, 0.2) is 5.78 Å². The molecule has 0 radical (unpaired) electrons. The van der Waals surface area contributed by atoms with Gasteiger partial charge in [0.1, 0.15) is 11.5 Å². The van der Waals surface area contributed by atoms with Gasteiger partial charge in [-0.3, -0.25) is 14.5 Å². The van der Waals surface area contributed by atoms with Crippen molar-refractivity contribution in [3.05, 3.63) is 35.5 Å². The van der Waals surface area contributed by atoms with Crippen LogP contribution in [0.3, 0.4) is 0 Å². The van der Waals surface area contributed by atoms with Crippen molar-refractivity contribution in [3.8, 4) is 0 Å². The van der Waals surface area contributed by atoms with Gasteiger partial charge in [-0.05, 0) is 18.8 Å². The lowest BCUT2D eigenvalue weighted by atomic mass is 9.89. The van der Waals surface area contributed by atoms with E-state index in [2.05, 4.69) is 25.7 Å². The second-order valence-electron chi connectivity index (χ2n) is 7.00. The number of aromatic nitrogens is 4. The highest BCUT2D eigenvalue weighted by atomic mass is 16.1. The molecule has 6 heteroatoms. The maximum Gasteiger partial charge on any atom is 0.179 e. The summed E-state index contributed by atoms with van der Waals surface area (Å²) in [5.41, 5.74) is 2.81. The zero-order chi connectivity index (χ0) is 16.5. The highest BCUT2D eigenvalue weighted by Gasteiger charge is 2.25. The third-order valence-corrected chi connectivity index (χ3v) is 5.10. The summed E-state index contributed by atoms with van der Waals surface area (Å²) in [6.45, 7) is 4.09. The van der Waals surface area contributed by atoms with Crippen LogP contribution < -0.4 is 4.90 Å². The molecule has 3 heterocycles. The number of nitrogens with zero attached hydrogens (tertiary/aromatic N) is 5. The second-order valence-corrected chi connectivity index (χ2v) is 7.00. The van der Waals surface area contributed by atoms with E-state index in [0.29, 0.717) is 5.69 Å². The van der Waals surface area contributed by atoms with Gasteiger partial charge in [-0.1, -0.05) is 19.3 Å². The van der Waals surface area contributed by atoms with Crippen LogP contribution in [0.2, 0.25) is 0 Å². The molecular weight excluding hydrogens is 302 g/mol. The Bertz CT molecular complexity index is 724. The van der Waals surface area contributed by atoms with E-state index >= 15 is 0 Å². The predicted molar refractivity (Wildman–Crippen MR) is 90.7 cm³/mol. The quantitative estimate of drug-likeness (QED) is 0.809. The third-order valence-electron chi connectivity index (χ3n) is 5.10. The third kappa shape index (κ3) is 3.05. The van der Waals surface area contributed by atoms with Crippen LogP contribution in [0, 0.1) is 5.92 Å². The summed E-state index contributed by atoms with van der Waals surface area (Å²) in [5, 5.41) is 4.78. The molecule has 1 fully saturated rings. The van der Waals surface area contributed by atoms with Gasteiger partial charge >= 0.3 is 0 Å². The van der Waals surface area contributed by atoms with Crippen molar-refractivity contribution in [3.63, 3.8) is 0 Å². The van der Waals surface area contributed by atoms with E-state index in [1.54, 1.807) is 6.20 Å². The van der Waals surface area contributed by atoms with E-state index < -0.39 is 0 Å². The number of anilines is 1. The number of Topliss-reactive ketones (excluding diaryl/α,β-unsaturated/α-hetero) is 1. The molecule has 2 aliphatic rings. The largest absolute Gasteiger partial charge is 0.345 e. The highest BCUT2D eigenvalue weighted by Crippen LogP contribution is 2.28. The van der Waals surface area contributed by atoms with Crippen molar-refractivity contribution in [1.82, 2.24) is 19.7 Å². The standard InChI is InChI=1S/C18H23N5O/c1-13(24)16-7-19-8-18(20-16)22-10-15-11-23(21-17(15)12-22)9-14-5-3-2-4-6-14/h7-8,11,14H,2-6,9-10,12H2,1H3. The van der Waals surface area contributed by atoms with Crippen LogP contribution in [-0.2, 0) is 19.6 Å². The van der Waals surface area contributed by atoms with Gasteiger partial charge in [0.05, 0.1) is 24.6 Å². The van der Waals surface area contributed by atoms with E-state index in [0.717, 1.165) is 37.1 Å². The molecule has 1 aliphatic heterocycles. The second kappa shape index (κ2) is 6.34. The molecule has 2 aromatic rings. The van der Waals surface area contributed by atoms with Gasteiger partial charge in [-0.15, -0.1) is 0 Å². The van der Waals surface area contributed by atoms with Gasteiger partial charge < -0.3 is 4.90 Å². The lowest BCUT2D eigenvalue weighted by Gasteiger charge is -2.21. The Morgan fingerprint density at radius 2 is 2.04 bits per heavy atom. The molecule has 2 aromatic heterocycles. The fourth-order valence-electron chi connectivity index (χ4n) is 3.78. The molecular formula is C18H23N5O. The first-order valence-electron chi connectivity index (χ1n) is 8.82. The summed E-state index contributed by atoms with van der Waals surface area (Å²) in [6.07, 6.45) is 12.2. The molecule has 0 bridgehead atoms. The Labute approximate surface area is 141 Å². The van der Waals surface area contributed by atoms with Crippen molar-refractivity contribution in [2.75, 3.05) is 4.90 Å². The van der Waals surface area contributed by atoms with Crippen LogP contribution in [0.4, 0.5) is 5.82 Å². The zero-order valence-corrected chi connectivity index (χ0v) is 14.1. The molecule has 126 valence electrons. The van der Waals surface area contributed by atoms with Crippen LogP contribution in [0.1, 0.15) is 60.8 Å². The minimum atomic E-state index is -0.0565. The number of rotatable bonds is 4. The Balaban J connectivity index is 1.44. The first-order chi connectivity index (χ1) is 11.7. The minimum Gasteiger partial charge on any atom is -0.345 e. The lowest BCUT2D eigenvalue weighted by molar-refractivity contribution is 0.101. The predicted octanol–water partition coefficient (Wildman–Crippen LogP) is 2.98. The Morgan fingerprint density at radius 1 is 1.21 bits per heavy atom. The maximum absolute atomic E-state index is 11.5. The molecule has 1 saturated carbocycles. The van der Waals surface area contributed by atoms with E-state index in [1.807, 2.05) is 0 Å². The molecule has 1 aliphatic carbocycles. The fourth-order valence-corrected chi connectivity index (χ4v) is 3.78. The number of hydrogen-bond acceptors (Lipinski definition) is 5. The average molecular weight is 325 g/mol. The number of hydrogen-bond donors (Lipinski definition) is 0. The van der Waals surface area contributed by atoms with Crippen molar-refractivity contribution in [2.24, 2.45) is 5.92 Å². The average Bonchev–Trinajstić information content (AvgIpc) is 3.14. The number of ketones is 1. The normalized spacial score (nSPS) is 18.0. The van der Waals surface area contributed by atoms with Crippen LogP contribution in [0.5, 0.6) is 0 Å². The number of carbonyl (C=O) groups excluding carboxylic acids is 1. The summed E-state index contributed by atoms with van der Waals surface area (Å²) < 4.78 is 2.13. The maximum atomic E-state index is 11.5. The molecule has 0 N–H and O–H groups in total. The van der Waals surface area contributed by atoms with E-state index in [-0.39, 0.29) is 5.78 Å².